The maximum Gasteiger partial charge on any atom is 0.165 e. The van der Waals surface area contributed by atoms with Gasteiger partial charge < -0.3 is 9.84 Å². The third kappa shape index (κ3) is 2.48. The number of para-hydroxylation sites is 1. The van der Waals surface area contributed by atoms with Gasteiger partial charge >= 0.3 is 0 Å². The Labute approximate surface area is 88.7 Å². The molecule has 1 aromatic rings. The van der Waals surface area contributed by atoms with Crippen LogP contribution in [0.2, 0.25) is 0 Å². The monoisotopic (exact) mass is 210 g/mol. The van der Waals surface area contributed by atoms with Gasteiger partial charge in [0.1, 0.15) is 6.10 Å². The van der Waals surface area contributed by atoms with Crippen molar-refractivity contribution in [1.29, 1.82) is 0 Å². The molecular weight excluding hydrogens is 195 g/mol. The fourth-order valence-electron chi connectivity index (χ4n) is 1.92. The van der Waals surface area contributed by atoms with Crippen molar-refractivity contribution in [2.24, 2.45) is 0 Å². The highest BCUT2D eigenvalue weighted by molar-refractivity contribution is 5.24. The van der Waals surface area contributed by atoms with Crippen molar-refractivity contribution in [3.8, 4) is 5.75 Å². The topological polar surface area (TPSA) is 29.5 Å². The number of benzene rings is 1. The molecule has 0 aliphatic heterocycles. The van der Waals surface area contributed by atoms with Crippen LogP contribution in [0.3, 0.4) is 0 Å². The van der Waals surface area contributed by atoms with E-state index in [4.69, 9.17) is 4.74 Å². The molecule has 2 nitrogen and oxygen atoms in total. The Morgan fingerprint density at radius 1 is 1.20 bits per heavy atom. The van der Waals surface area contributed by atoms with Gasteiger partial charge in [0.25, 0.3) is 0 Å². The second-order valence-electron chi connectivity index (χ2n) is 3.94. The minimum absolute atomic E-state index is 0.239. The maximum absolute atomic E-state index is 13.3. The van der Waals surface area contributed by atoms with E-state index in [1.165, 1.54) is 6.07 Å². The summed E-state index contributed by atoms with van der Waals surface area (Å²) < 4.78 is 18.7. The number of aliphatic hydroxyl groups is 1. The van der Waals surface area contributed by atoms with Crippen molar-refractivity contribution in [2.45, 2.75) is 37.9 Å². The molecule has 2 atom stereocenters. The molecule has 1 aliphatic carbocycles. The van der Waals surface area contributed by atoms with Gasteiger partial charge in [0, 0.05) is 0 Å². The van der Waals surface area contributed by atoms with Crippen LogP contribution in [0.4, 0.5) is 4.39 Å². The molecule has 3 heteroatoms. The standard InChI is InChI=1S/C12H15FO2/c13-9-5-1-3-7-11(9)15-12-8-4-2-6-10(12)14/h1,3,5,7,10,12,14H,2,4,6,8H2/t10-,12-/m0/s1. The van der Waals surface area contributed by atoms with Gasteiger partial charge in [0.2, 0.25) is 0 Å². The molecule has 0 saturated heterocycles. The average molecular weight is 210 g/mol. The van der Waals surface area contributed by atoms with Gasteiger partial charge in [0.05, 0.1) is 6.10 Å². The lowest BCUT2D eigenvalue weighted by atomic mass is 9.95. The molecule has 0 unspecified atom stereocenters. The predicted octanol–water partition coefficient (Wildman–Crippen LogP) is 2.51. The number of aliphatic hydroxyl groups excluding tert-OH is 1. The van der Waals surface area contributed by atoms with Crippen LogP contribution in [0, 0.1) is 5.82 Å². The molecule has 0 heterocycles. The van der Waals surface area contributed by atoms with E-state index in [9.17, 15) is 9.50 Å². The number of rotatable bonds is 2. The highest BCUT2D eigenvalue weighted by Crippen LogP contribution is 2.25. The van der Waals surface area contributed by atoms with Gasteiger partial charge in [0.15, 0.2) is 11.6 Å². The molecule has 1 saturated carbocycles. The first-order chi connectivity index (χ1) is 7.27. The largest absolute Gasteiger partial charge is 0.485 e. The number of ether oxygens (including phenoxy) is 1. The van der Waals surface area contributed by atoms with Crippen molar-refractivity contribution >= 4 is 0 Å². The van der Waals surface area contributed by atoms with E-state index in [-0.39, 0.29) is 17.7 Å². The SMILES string of the molecule is O[C@H]1CCCC[C@@H]1Oc1ccccc1F. The molecule has 0 amide bonds. The van der Waals surface area contributed by atoms with Crippen molar-refractivity contribution in [3.63, 3.8) is 0 Å². The summed E-state index contributed by atoms with van der Waals surface area (Å²) in [6.45, 7) is 0. The van der Waals surface area contributed by atoms with Crippen molar-refractivity contribution in [3.05, 3.63) is 30.1 Å². The summed E-state index contributed by atoms with van der Waals surface area (Å²) in [7, 11) is 0. The van der Waals surface area contributed by atoms with E-state index in [0.29, 0.717) is 0 Å². The summed E-state index contributed by atoms with van der Waals surface area (Å²) in [4.78, 5) is 0. The van der Waals surface area contributed by atoms with Crippen LogP contribution in [0.1, 0.15) is 25.7 Å². The van der Waals surface area contributed by atoms with E-state index < -0.39 is 6.10 Å². The summed E-state index contributed by atoms with van der Waals surface area (Å²) in [5.74, 6) is -0.126. The van der Waals surface area contributed by atoms with E-state index in [0.717, 1.165) is 25.7 Å². The molecule has 2 rings (SSSR count). The fraction of sp³-hybridized carbons (Fsp3) is 0.500. The molecule has 1 N–H and O–H groups in total. The van der Waals surface area contributed by atoms with Crippen LogP contribution in [0.5, 0.6) is 5.75 Å². The van der Waals surface area contributed by atoms with Gasteiger partial charge in [-0.1, -0.05) is 18.6 Å². The summed E-state index contributed by atoms with van der Waals surface area (Å²) in [6.07, 6.45) is 2.90. The van der Waals surface area contributed by atoms with Crippen LogP contribution in [-0.4, -0.2) is 17.3 Å². The van der Waals surface area contributed by atoms with Crippen LogP contribution in [-0.2, 0) is 0 Å². The first-order valence-corrected chi connectivity index (χ1v) is 5.36. The Morgan fingerprint density at radius 3 is 2.67 bits per heavy atom. The predicted molar refractivity (Wildman–Crippen MR) is 55.3 cm³/mol. The number of hydrogen-bond acceptors (Lipinski definition) is 2. The van der Waals surface area contributed by atoms with E-state index in [1.807, 2.05) is 0 Å². The van der Waals surface area contributed by atoms with Crippen LogP contribution < -0.4 is 4.74 Å². The second kappa shape index (κ2) is 4.62. The van der Waals surface area contributed by atoms with E-state index >= 15 is 0 Å². The number of halogens is 1. The van der Waals surface area contributed by atoms with Gasteiger partial charge in [-0.25, -0.2) is 4.39 Å². The quantitative estimate of drug-likeness (QED) is 0.812. The zero-order valence-electron chi connectivity index (χ0n) is 8.53. The third-order valence-corrected chi connectivity index (χ3v) is 2.78. The molecular formula is C12H15FO2. The first kappa shape index (κ1) is 10.4. The lowest BCUT2D eigenvalue weighted by Gasteiger charge is -2.28. The summed E-state index contributed by atoms with van der Waals surface area (Å²) >= 11 is 0. The second-order valence-corrected chi connectivity index (χ2v) is 3.94. The van der Waals surface area contributed by atoms with Crippen molar-refractivity contribution < 1.29 is 14.2 Å². The molecule has 82 valence electrons. The molecule has 0 spiro atoms. The minimum atomic E-state index is -0.460. The Balaban J connectivity index is 2.04. The molecule has 0 bridgehead atoms. The Kier molecular flexibility index (Phi) is 3.21. The van der Waals surface area contributed by atoms with Crippen LogP contribution >= 0.6 is 0 Å². The third-order valence-electron chi connectivity index (χ3n) is 2.78. The van der Waals surface area contributed by atoms with E-state index in [2.05, 4.69) is 0 Å². The molecule has 15 heavy (non-hydrogen) atoms. The van der Waals surface area contributed by atoms with Crippen molar-refractivity contribution in [1.82, 2.24) is 0 Å². The average Bonchev–Trinajstić information content (AvgIpc) is 2.24. The highest BCUT2D eigenvalue weighted by atomic mass is 19.1. The normalized spacial score (nSPS) is 26.3. The lowest BCUT2D eigenvalue weighted by molar-refractivity contribution is 0.00500. The highest BCUT2D eigenvalue weighted by Gasteiger charge is 2.25. The van der Waals surface area contributed by atoms with Gasteiger partial charge in [-0.15, -0.1) is 0 Å². The van der Waals surface area contributed by atoms with Crippen molar-refractivity contribution in [2.75, 3.05) is 0 Å². The smallest absolute Gasteiger partial charge is 0.165 e. The van der Waals surface area contributed by atoms with Gasteiger partial charge in [-0.2, -0.15) is 0 Å². The van der Waals surface area contributed by atoms with E-state index in [1.54, 1.807) is 18.2 Å². The summed E-state index contributed by atoms with van der Waals surface area (Å²) in [5.41, 5.74) is 0. The molecule has 1 aliphatic rings. The van der Waals surface area contributed by atoms with Gasteiger partial charge in [-0.05, 0) is 31.4 Å². The summed E-state index contributed by atoms with van der Waals surface area (Å²) in [5, 5.41) is 9.67. The van der Waals surface area contributed by atoms with Gasteiger partial charge in [-0.3, -0.25) is 0 Å². The van der Waals surface area contributed by atoms with Crippen LogP contribution in [0.15, 0.2) is 24.3 Å². The first-order valence-electron chi connectivity index (χ1n) is 5.36. The Bertz CT molecular complexity index is 327. The molecule has 0 aromatic heterocycles. The Morgan fingerprint density at radius 2 is 1.93 bits per heavy atom. The zero-order chi connectivity index (χ0) is 10.7. The molecule has 1 fully saturated rings. The van der Waals surface area contributed by atoms with Crippen LogP contribution in [0.25, 0.3) is 0 Å². The zero-order valence-corrected chi connectivity index (χ0v) is 8.53. The lowest BCUT2D eigenvalue weighted by Crippen LogP contribution is -2.34. The minimum Gasteiger partial charge on any atom is -0.485 e. The number of hydrogen-bond donors (Lipinski definition) is 1. The Hall–Kier alpha value is -1.09. The summed E-state index contributed by atoms with van der Waals surface area (Å²) in [6, 6.07) is 6.31. The molecule has 0 radical (unpaired) electrons. The fourth-order valence-corrected chi connectivity index (χ4v) is 1.92. The maximum atomic E-state index is 13.3. The molecule has 1 aromatic carbocycles.